The van der Waals surface area contributed by atoms with Gasteiger partial charge in [0.15, 0.2) is 16.3 Å². The van der Waals surface area contributed by atoms with Gasteiger partial charge in [0.25, 0.3) is 0 Å². The molecule has 2 heterocycles. The normalized spacial score (nSPS) is 10.0. The highest BCUT2D eigenvalue weighted by Gasteiger charge is 2.02. The SMILES string of the molecule is [c]1nnc(-c2ccco2)s1. The molecule has 0 aliphatic rings. The Hall–Kier alpha value is -1.16. The Bertz CT molecular complexity index is 255. The standard InChI is InChI=1S/C6H3N2OS/c1-2-5(9-3-1)6-8-7-4-10-6/h1-3H. The average molecular weight is 151 g/mol. The van der Waals surface area contributed by atoms with Gasteiger partial charge < -0.3 is 4.42 Å². The molecule has 0 bridgehead atoms. The third kappa shape index (κ3) is 0.823. The summed E-state index contributed by atoms with van der Waals surface area (Å²) in [4.78, 5) is 0. The molecule has 2 aromatic rings. The fourth-order valence-electron chi connectivity index (χ4n) is 0.650. The van der Waals surface area contributed by atoms with Gasteiger partial charge in [0.2, 0.25) is 0 Å². The summed E-state index contributed by atoms with van der Waals surface area (Å²) in [5.74, 6) is 0.749. The molecule has 4 heteroatoms. The predicted octanol–water partition coefficient (Wildman–Crippen LogP) is 1.60. The number of aromatic nitrogens is 2. The Morgan fingerprint density at radius 1 is 1.60 bits per heavy atom. The van der Waals surface area contributed by atoms with E-state index in [1.807, 2.05) is 12.1 Å². The third-order valence-corrected chi connectivity index (χ3v) is 1.71. The zero-order chi connectivity index (χ0) is 6.81. The van der Waals surface area contributed by atoms with Gasteiger partial charge in [-0.2, -0.15) is 0 Å². The molecule has 0 saturated carbocycles. The smallest absolute Gasteiger partial charge is 0.183 e. The van der Waals surface area contributed by atoms with E-state index in [1.165, 1.54) is 11.3 Å². The topological polar surface area (TPSA) is 38.9 Å². The second-order valence-corrected chi connectivity index (χ2v) is 2.45. The van der Waals surface area contributed by atoms with Crippen molar-refractivity contribution in [1.82, 2.24) is 10.2 Å². The van der Waals surface area contributed by atoms with E-state index in [9.17, 15) is 0 Å². The summed E-state index contributed by atoms with van der Waals surface area (Å²) in [5, 5.41) is 8.11. The molecular formula is C6H3N2OS. The molecule has 49 valence electrons. The first-order valence-electron chi connectivity index (χ1n) is 2.70. The summed E-state index contributed by atoms with van der Waals surface area (Å²) in [5.41, 5.74) is 2.64. The zero-order valence-corrected chi connectivity index (χ0v) is 5.76. The lowest BCUT2D eigenvalue weighted by molar-refractivity contribution is 0.581. The Labute approximate surface area is 61.3 Å². The van der Waals surface area contributed by atoms with Crippen molar-refractivity contribution in [3.8, 4) is 10.8 Å². The highest BCUT2D eigenvalue weighted by molar-refractivity contribution is 7.12. The molecular weight excluding hydrogens is 148 g/mol. The lowest BCUT2D eigenvalue weighted by Gasteiger charge is -1.81. The zero-order valence-electron chi connectivity index (χ0n) is 4.94. The Kier molecular flexibility index (Phi) is 1.25. The van der Waals surface area contributed by atoms with Gasteiger partial charge in [-0.25, -0.2) is 0 Å². The first kappa shape index (κ1) is 5.61. The Morgan fingerprint density at radius 2 is 2.60 bits per heavy atom. The highest BCUT2D eigenvalue weighted by atomic mass is 32.1. The molecule has 0 spiro atoms. The van der Waals surface area contributed by atoms with Gasteiger partial charge in [-0.15, -0.1) is 10.2 Å². The van der Waals surface area contributed by atoms with Crippen molar-refractivity contribution in [3.63, 3.8) is 0 Å². The van der Waals surface area contributed by atoms with Crippen LogP contribution in [-0.4, -0.2) is 10.2 Å². The third-order valence-electron chi connectivity index (χ3n) is 1.06. The van der Waals surface area contributed by atoms with E-state index in [0.717, 1.165) is 10.8 Å². The highest BCUT2D eigenvalue weighted by Crippen LogP contribution is 2.19. The molecule has 0 aliphatic carbocycles. The van der Waals surface area contributed by atoms with Gasteiger partial charge in [0.05, 0.1) is 6.26 Å². The summed E-state index contributed by atoms with van der Waals surface area (Å²) < 4.78 is 5.07. The Balaban J connectivity index is 2.48. The predicted molar refractivity (Wildman–Crippen MR) is 36.4 cm³/mol. The quantitative estimate of drug-likeness (QED) is 0.621. The molecule has 0 aromatic carbocycles. The summed E-state index contributed by atoms with van der Waals surface area (Å²) in [7, 11) is 0. The number of rotatable bonds is 1. The molecule has 0 saturated heterocycles. The van der Waals surface area contributed by atoms with Gasteiger partial charge in [0.1, 0.15) is 0 Å². The van der Waals surface area contributed by atoms with Crippen LogP contribution in [0, 0.1) is 5.51 Å². The largest absolute Gasteiger partial charge is 0.462 e. The van der Waals surface area contributed by atoms with Crippen molar-refractivity contribution in [3.05, 3.63) is 23.9 Å². The fraction of sp³-hybridized carbons (Fsp3) is 0. The molecule has 0 atom stereocenters. The van der Waals surface area contributed by atoms with E-state index in [2.05, 4.69) is 15.7 Å². The molecule has 2 rings (SSSR count). The minimum atomic E-state index is 0.749. The summed E-state index contributed by atoms with van der Waals surface area (Å²) in [6.45, 7) is 0. The summed E-state index contributed by atoms with van der Waals surface area (Å²) >= 11 is 1.34. The first-order chi connectivity index (χ1) is 4.97. The molecule has 1 radical (unpaired) electrons. The molecule has 0 amide bonds. The van der Waals surface area contributed by atoms with Crippen molar-refractivity contribution >= 4 is 11.3 Å². The molecule has 0 N–H and O–H groups in total. The molecule has 0 aliphatic heterocycles. The van der Waals surface area contributed by atoms with Crippen LogP contribution < -0.4 is 0 Å². The van der Waals surface area contributed by atoms with Gasteiger partial charge >= 0.3 is 0 Å². The molecule has 10 heavy (non-hydrogen) atoms. The van der Waals surface area contributed by atoms with Crippen molar-refractivity contribution < 1.29 is 4.42 Å². The van der Waals surface area contributed by atoms with Crippen LogP contribution in [0.15, 0.2) is 22.8 Å². The fourth-order valence-corrected chi connectivity index (χ4v) is 1.12. The maximum Gasteiger partial charge on any atom is 0.183 e. The lowest BCUT2D eigenvalue weighted by Crippen LogP contribution is -1.69. The molecule has 0 unspecified atom stereocenters. The minimum absolute atomic E-state index is 0.749. The van der Waals surface area contributed by atoms with Gasteiger partial charge in [0, 0.05) is 0 Å². The van der Waals surface area contributed by atoms with Crippen LogP contribution in [0.25, 0.3) is 10.8 Å². The van der Waals surface area contributed by atoms with Crippen molar-refractivity contribution in [1.29, 1.82) is 0 Å². The lowest BCUT2D eigenvalue weighted by atomic mass is 10.5. The van der Waals surface area contributed by atoms with E-state index in [-0.39, 0.29) is 0 Å². The maximum atomic E-state index is 5.07. The number of nitrogens with zero attached hydrogens (tertiary/aromatic N) is 2. The summed E-state index contributed by atoms with van der Waals surface area (Å²) in [6.07, 6.45) is 1.61. The van der Waals surface area contributed by atoms with Crippen LogP contribution in [0.2, 0.25) is 0 Å². The first-order valence-corrected chi connectivity index (χ1v) is 3.52. The van der Waals surface area contributed by atoms with E-state index in [4.69, 9.17) is 4.42 Å². The average Bonchev–Trinajstić information content (AvgIpc) is 2.59. The van der Waals surface area contributed by atoms with Crippen LogP contribution in [0.3, 0.4) is 0 Å². The number of hydrogen-bond acceptors (Lipinski definition) is 4. The van der Waals surface area contributed by atoms with Crippen molar-refractivity contribution in [2.45, 2.75) is 0 Å². The van der Waals surface area contributed by atoms with Crippen LogP contribution in [0.1, 0.15) is 0 Å². The second kappa shape index (κ2) is 2.22. The number of hydrogen-bond donors (Lipinski definition) is 0. The van der Waals surface area contributed by atoms with Crippen molar-refractivity contribution in [2.24, 2.45) is 0 Å². The van der Waals surface area contributed by atoms with Gasteiger partial charge in [-0.3, -0.25) is 0 Å². The van der Waals surface area contributed by atoms with Crippen molar-refractivity contribution in [2.75, 3.05) is 0 Å². The molecule has 0 fully saturated rings. The van der Waals surface area contributed by atoms with Crippen LogP contribution in [-0.2, 0) is 0 Å². The molecule has 3 nitrogen and oxygen atoms in total. The van der Waals surface area contributed by atoms with E-state index < -0.39 is 0 Å². The van der Waals surface area contributed by atoms with Crippen LogP contribution in [0.5, 0.6) is 0 Å². The maximum absolute atomic E-state index is 5.07. The monoisotopic (exact) mass is 151 g/mol. The minimum Gasteiger partial charge on any atom is -0.462 e. The van der Waals surface area contributed by atoms with Crippen LogP contribution in [0.4, 0.5) is 0 Å². The van der Waals surface area contributed by atoms with E-state index >= 15 is 0 Å². The van der Waals surface area contributed by atoms with Gasteiger partial charge in [-0.05, 0) is 12.1 Å². The summed E-state index contributed by atoms with van der Waals surface area (Å²) in [6, 6.07) is 3.66. The van der Waals surface area contributed by atoms with E-state index in [1.54, 1.807) is 6.26 Å². The Morgan fingerprint density at radius 3 is 3.20 bits per heavy atom. The number of furan rings is 1. The molecule has 2 aromatic heterocycles. The second-order valence-electron chi connectivity index (χ2n) is 1.68. The van der Waals surface area contributed by atoms with Crippen LogP contribution >= 0.6 is 11.3 Å². The van der Waals surface area contributed by atoms with Gasteiger partial charge in [-0.1, -0.05) is 11.3 Å². The van der Waals surface area contributed by atoms with E-state index in [0.29, 0.717) is 0 Å².